The normalized spacial score (nSPS) is 29.4. The van der Waals surface area contributed by atoms with Crippen LogP contribution in [-0.4, -0.2) is 65.2 Å². The van der Waals surface area contributed by atoms with Crippen molar-refractivity contribution in [1.29, 1.82) is 0 Å². The number of nitrogens with zero attached hydrogens (tertiary/aromatic N) is 2. The Bertz CT molecular complexity index is 613. The summed E-state index contributed by atoms with van der Waals surface area (Å²) in [5.74, 6) is 0.308. The molecule has 0 aliphatic carbocycles. The smallest absolute Gasteiger partial charge is 0.222 e. The standard InChI is InChI=1S/C21H30N2O3/c24-18-15-19(17-5-2-1-3-6-17)26-21(16-18)8-11-22(12-9-21)13-14-23-10-4-7-20(23)25/h1-3,5-6,18-19,24H,4,7-16H2/t18-,19+/m0/s1. The summed E-state index contributed by atoms with van der Waals surface area (Å²) in [6, 6.07) is 10.3. The molecule has 3 aliphatic heterocycles. The zero-order valence-electron chi connectivity index (χ0n) is 15.5. The molecule has 0 saturated carbocycles. The molecule has 1 N–H and O–H groups in total. The largest absolute Gasteiger partial charge is 0.393 e. The van der Waals surface area contributed by atoms with Crippen molar-refractivity contribution in [3.8, 4) is 0 Å². The van der Waals surface area contributed by atoms with E-state index in [-0.39, 0.29) is 17.8 Å². The summed E-state index contributed by atoms with van der Waals surface area (Å²) in [5.41, 5.74) is 0.971. The first-order chi connectivity index (χ1) is 12.6. The molecule has 0 aromatic heterocycles. The summed E-state index contributed by atoms with van der Waals surface area (Å²) in [6.07, 6.45) is 4.78. The summed E-state index contributed by atoms with van der Waals surface area (Å²) < 4.78 is 6.56. The second-order valence-electron chi connectivity index (χ2n) is 8.12. The monoisotopic (exact) mass is 358 g/mol. The number of aliphatic hydroxyl groups is 1. The fraction of sp³-hybridized carbons (Fsp3) is 0.667. The van der Waals surface area contributed by atoms with Crippen LogP contribution >= 0.6 is 0 Å². The molecule has 0 bridgehead atoms. The molecule has 5 heteroatoms. The summed E-state index contributed by atoms with van der Waals surface area (Å²) in [6.45, 7) is 4.69. The van der Waals surface area contributed by atoms with Gasteiger partial charge in [-0.25, -0.2) is 0 Å². The molecular formula is C21H30N2O3. The number of rotatable bonds is 4. The SMILES string of the molecule is O=C1CCCN1CCN1CCC2(CC1)C[C@@H](O)C[C@H](c1ccccc1)O2. The predicted octanol–water partition coefficient (Wildman–Crippen LogP) is 2.36. The summed E-state index contributed by atoms with van der Waals surface area (Å²) in [7, 11) is 0. The van der Waals surface area contributed by atoms with Crippen molar-refractivity contribution in [3.05, 3.63) is 35.9 Å². The van der Waals surface area contributed by atoms with Crippen molar-refractivity contribution in [1.82, 2.24) is 9.80 Å². The quantitative estimate of drug-likeness (QED) is 0.898. The second kappa shape index (κ2) is 7.67. The number of carbonyl (C=O) groups excluding carboxylic acids is 1. The molecule has 0 unspecified atom stereocenters. The van der Waals surface area contributed by atoms with Crippen molar-refractivity contribution in [2.45, 2.75) is 56.3 Å². The van der Waals surface area contributed by atoms with Crippen molar-refractivity contribution < 1.29 is 14.6 Å². The lowest BCUT2D eigenvalue weighted by atomic mass is 9.81. The lowest BCUT2D eigenvalue weighted by Gasteiger charge is -2.48. The highest BCUT2D eigenvalue weighted by Gasteiger charge is 2.43. The molecule has 4 rings (SSSR count). The maximum atomic E-state index is 11.8. The summed E-state index contributed by atoms with van der Waals surface area (Å²) in [5, 5.41) is 10.5. The Hall–Kier alpha value is -1.43. The van der Waals surface area contributed by atoms with E-state index in [2.05, 4.69) is 17.0 Å². The van der Waals surface area contributed by atoms with Gasteiger partial charge in [0.25, 0.3) is 0 Å². The van der Waals surface area contributed by atoms with Crippen LogP contribution in [0.25, 0.3) is 0 Å². The van der Waals surface area contributed by atoms with Crippen LogP contribution in [0.2, 0.25) is 0 Å². The zero-order valence-corrected chi connectivity index (χ0v) is 15.5. The van der Waals surface area contributed by atoms with Crippen molar-refractivity contribution in [2.24, 2.45) is 0 Å². The van der Waals surface area contributed by atoms with Crippen LogP contribution in [0.5, 0.6) is 0 Å². The minimum absolute atomic E-state index is 0.00581. The highest BCUT2D eigenvalue weighted by molar-refractivity contribution is 5.78. The number of hydrogen-bond acceptors (Lipinski definition) is 4. The van der Waals surface area contributed by atoms with Gasteiger partial charge in [0.1, 0.15) is 0 Å². The van der Waals surface area contributed by atoms with E-state index in [1.54, 1.807) is 0 Å². The molecule has 3 aliphatic rings. The van der Waals surface area contributed by atoms with Crippen LogP contribution in [0.4, 0.5) is 0 Å². The van der Waals surface area contributed by atoms with Crippen molar-refractivity contribution >= 4 is 5.91 Å². The molecule has 5 nitrogen and oxygen atoms in total. The van der Waals surface area contributed by atoms with Gasteiger partial charge in [0.2, 0.25) is 5.91 Å². The van der Waals surface area contributed by atoms with E-state index >= 15 is 0 Å². The third-order valence-electron chi connectivity index (χ3n) is 6.28. The van der Waals surface area contributed by atoms with Gasteiger partial charge in [0.05, 0.1) is 17.8 Å². The van der Waals surface area contributed by atoms with Crippen LogP contribution in [0.15, 0.2) is 30.3 Å². The first-order valence-corrected chi connectivity index (χ1v) is 10.0. The number of aliphatic hydroxyl groups excluding tert-OH is 1. The molecule has 0 radical (unpaired) electrons. The minimum Gasteiger partial charge on any atom is -0.393 e. The van der Waals surface area contributed by atoms with E-state index in [0.29, 0.717) is 12.3 Å². The van der Waals surface area contributed by atoms with Gasteiger partial charge in [-0.3, -0.25) is 4.79 Å². The van der Waals surface area contributed by atoms with Gasteiger partial charge < -0.3 is 19.6 Å². The van der Waals surface area contributed by atoms with Gasteiger partial charge in [0.15, 0.2) is 0 Å². The van der Waals surface area contributed by atoms with Crippen LogP contribution < -0.4 is 0 Å². The third kappa shape index (κ3) is 3.95. The Morgan fingerprint density at radius 2 is 1.88 bits per heavy atom. The molecule has 1 amide bonds. The number of piperidine rings is 1. The van der Waals surface area contributed by atoms with E-state index in [4.69, 9.17) is 4.74 Å². The van der Waals surface area contributed by atoms with Crippen LogP contribution in [0, 0.1) is 0 Å². The average molecular weight is 358 g/mol. The van der Waals surface area contributed by atoms with Crippen LogP contribution in [-0.2, 0) is 9.53 Å². The topological polar surface area (TPSA) is 53.0 Å². The number of amides is 1. The van der Waals surface area contributed by atoms with Gasteiger partial charge >= 0.3 is 0 Å². The van der Waals surface area contributed by atoms with E-state index < -0.39 is 0 Å². The summed E-state index contributed by atoms with van der Waals surface area (Å²) >= 11 is 0. The lowest BCUT2D eigenvalue weighted by Crippen LogP contribution is -2.52. The zero-order chi connectivity index (χ0) is 18.0. The maximum Gasteiger partial charge on any atom is 0.222 e. The number of hydrogen-bond donors (Lipinski definition) is 1. The Labute approximate surface area is 155 Å². The molecule has 2 atom stereocenters. The van der Waals surface area contributed by atoms with E-state index in [1.807, 2.05) is 23.1 Å². The van der Waals surface area contributed by atoms with Crippen molar-refractivity contribution in [3.63, 3.8) is 0 Å². The molecular weight excluding hydrogens is 328 g/mol. The second-order valence-corrected chi connectivity index (χ2v) is 8.12. The molecule has 1 aromatic carbocycles. The Morgan fingerprint density at radius 3 is 2.58 bits per heavy atom. The summed E-state index contributed by atoms with van der Waals surface area (Å²) in [4.78, 5) is 16.2. The van der Waals surface area contributed by atoms with Gasteiger partial charge in [0, 0.05) is 52.0 Å². The van der Waals surface area contributed by atoms with Crippen LogP contribution in [0.3, 0.4) is 0 Å². The molecule has 3 saturated heterocycles. The maximum absolute atomic E-state index is 11.8. The highest BCUT2D eigenvalue weighted by atomic mass is 16.5. The Morgan fingerprint density at radius 1 is 1.12 bits per heavy atom. The molecule has 1 aromatic rings. The fourth-order valence-electron chi connectivity index (χ4n) is 4.74. The first-order valence-electron chi connectivity index (χ1n) is 10.0. The molecule has 3 heterocycles. The Balaban J connectivity index is 1.32. The lowest BCUT2D eigenvalue weighted by molar-refractivity contribution is -0.184. The number of benzene rings is 1. The van der Waals surface area contributed by atoms with Gasteiger partial charge in [-0.2, -0.15) is 0 Å². The third-order valence-corrected chi connectivity index (χ3v) is 6.28. The number of likely N-dealkylation sites (tertiary alicyclic amines) is 2. The minimum atomic E-state index is -0.289. The van der Waals surface area contributed by atoms with E-state index in [9.17, 15) is 9.90 Å². The molecule has 1 spiro atoms. The van der Waals surface area contributed by atoms with E-state index in [0.717, 1.165) is 64.8 Å². The van der Waals surface area contributed by atoms with Gasteiger partial charge in [-0.05, 0) is 24.8 Å². The number of carbonyl (C=O) groups is 1. The first kappa shape index (κ1) is 18.0. The molecule has 26 heavy (non-hydrogen) atoms. The van der Waals surface area contributed by atoms with Gasteiger partial charge in [-0.15, -0.1) is 0 Å². The average Bonchev–Trinajstić information content (AvgIpc) is 3.06. The number of ether oxygens (including phenoxy) is 1. The molecule has 142 valence electrons. The fourth-order valence-corrected chi connectivity index (χ4v) is 4.74. The Kier molecular flexibility index (Phi) is 5.30. The van der Waals surface area contributed by atoms with Crippen molar-refractivity contribution in [2.75, 3.05) is 32.7 Å². The van der Waals surface area contributed by atoms with Crippen LogP contribution in [0.1, 0.15) is 50.2 Å². The molecule has 3 fully saturated rings. The predicted molar refractivity (Wildman–Crippen MR) is 99.7 cm³/mol. The highest BCUT2D eigenvalue weighted by Crippen LogP contribution is 2.42. The van der Waals surface area contributed by atoms with E-state index in [1.165, 1.54) is 5.56 Å². The van der Waals surface area contributed by atoms with Gasteiger partial charge in [-0.1, -0.05) is 30.3 Å².